The number of ether oxygens (including phenoxy) is 1. The largest absolute Gasteiger partial charge is 0.478 e. The minimum atomic E-state index is -1.08. The molecule has 0 atom stereocenters. The van der Waals surface area contributed by atoms with Gasteiger partial charge in [0.15, 0.2) is 5.75 Å². The van der Waals surface area contributed by atoms with E-state index in [1.54, 1.807) is 12.3 Å². The van der Waals surface area contributed by atoms with Crippen molar-refractivity contribution in [1.29, 1.82) is 0 Å². The maximum Gasteiger partial charge on any atom is 0.338 e. The second-order valence-corrected chi connectivity index (χ2v) is 3.92. The van der Waals surface area contributed by atoms with Crippen molar-refractivity contribution in [2.75, 3.05) is 0 Å². The Balaban J connectivity index is 2.16. The van der Waals surface area contributed by atoms with Crippen LogP contribution in [0.2, 0.25) is 0 Å². The van der Waals surface area contributed by atoms with Crippen molar-refractivity contribution in [2.24, 2.45) is 0 Å². The van der Waals surface area contributed by atoms with Crippen LogP contribution in [0.15, 0.2) is 35.3 Å². The molecular formula is C10H6BrN3O3. The first-order chi connectivity index (χ1) is 8.15. The van der Waals surface area contributed by atoms with Crippen molar-refractivity contribution in [3.63, 3.8) is 0 Å². The van der Waals surface area contributed by atoms with E-state index in [1.165, 1.54) is 18.6 Å². The second kappa shape index (κ2) is 4.88. The molecule has 0 aliphatic heterocycles. The minimum absolute atomic E-state index is 0.00437. The van der Waals surface area contributed by atoms with Gasteiger partial charge in [-0.1, -0.05) is 0 Å². The molecule has 0 fully saturated rings. The highest BCUT2D eigenvalue weighted by Gasteiger charge is 2.06. The van der Waals surface area contributed by atoms with Crippen LogP contribution in [0, 0.1) is 0 Å². The minimum Gasteiger partial charge on any atom is -0.478 e. The zero-order valence-electron chi connectivity index (χ0n) is 8.37. The Hall–Kier alpha value is -2.02. The molecule has 2 aromatic rings. The van der Waals surface area contributed by atoms with E-state index in [9.17, 15) is 4.79 Å². The van der Waals surface area contributed by atoms with Crippen molar-refractivity contribution in [2.45, 2.75) is 0 Å². The lowest BCUT2D eigenvalue weighted by Gasteiger charge is -2.03. The molecule has 2 aromatic heterocycles. The predicted molar refractivity (Wildman–Crippen MR) is 61.0 cm³/mol. The Bertz CT molecular complexity index is 545. The lowest BCUT2D eigenvalue weighted by atomic mass is 10.4. The van der Waals surface area contributed by atoms with Gasteiger partial charge in [-0.25, -0.2) is 14.8 Å². The second-order valence-electron chi connectivity index (χ2n) is 3.00. The summed E-state index contributed by atoms with van der Waals surface area (Å²) in [5.41, 5.74) is 0.00437. The van der Waals surface area contributed by atoms with E-state index in [2.05, 4.69) is 30.9 Å². The van der Waals surface area contributed by atoms with Crippen molar-refractivity contribution in [3.8, 4) is 11.8 Å². The molecule has 1 N–H and O–H groups in total. The van der Waals surface area contributed by atoms with E-state index in [-0.39, 0.29) is 11.6 Å². The third-order valence-corrected chi connectivity index (χ3v) is 2.20. The van der Waals surface area contributed by atoms with Crippen LogP contribution in [0.1, 0.15) is 10.4 Å². The third-order valence-electron chi connectivity index (χ3n) is 1.76. The number of nitrogens with zero attached hydrogens (tertiary/aromatic N) is 3. The van der Waals surface area contributed by atoms with E-state index < -0.39 is 5.97 Å². The molecule has 0 saturated carbocycles. The number of carboxylic acid groups (broad SMARTS) is 1. The molecule has 6 nitrogen and oxygen atoms in total. The number of hydrogen-bond acceptors (Lipinski definition) is 5. The zero-order chi connectivity index (χ0) is 12.3. The summed E-state index contributed by atoms with van der Waals surface area (Å²) < 4.78 is 6.05. The van der Waals surface area contributed by atoms with E-state index in [0.29, 0.717) is 5.75 Å². The zero-order valence-corrected chi connectivity index (χ0v) is 9.96. The normalized spacial score (nSPS) is 9.94. The van der Waals surface area contributed by atoms with Gasteiger partial charge < -0.3 is 9.84 Å². The maximum absolute atomic E-state index is 10.6. The Morgan fingerprint density at radius 1 is 1.24 bits per heavy atom. The number of carbonyl (C=O) groups is 1. The summed E-state index contributed by atoms with van der Waals surface area (Å²) in [5, 5.41) is 8.66. The van der Waals surface area contributed by atoms with Gasteiger partial charge in [0.05, 0.1) is 11.8 Å². The van der Waals surface area contributed by atoms with Crippen LogP contribution in [0.4, 0.5) is 0 Å². The first-order valence-electron chi connectivity index (χ1n) is 4.49. The van der Waals surface area contributed by atoms with E-state index in [4.69, 9.17) is 9.84 Å². The highest BCUT2D eigenvalue weighted by Crippen LogP contribution is 2.20. The molecule has 0 aromatic carbocycles. The maximum atomic E-state index is 10.6. The van der Waals surface area contributed by atoms with Gasteiger partial charge in [-0.2, -0.15) is 0 Å². The fraction of sp³-hybridized carbons (Fsp3) is 0. The fourth-order valence-corrected chi connectivity index (χ4v) is 1.38. The fourth-order valence-electron chi connectivity index (χ4n) is 1.03. The van der Waals surface area contributed by atoms with Crippen molar-refractivity contribution < 1.29 is 14.6 Å². The molecule has 86 valence electrons. The highest BCUT2D eigenvalue weighted by molar-refractivity contribution is 9.10. The van der Waals surface area contributed by atoms with E-state index >= 15 is 0 Å². The van der Waals surface area contributed by atoms with Gasteiger partial charge in [0.1, 0.15) is 0 Å². The van der Waals surface area contributed by atoms with Crippen LogP contribution in [0.5, 0.6) is 11.8 Å². The molecule has 7 heteroatoms. The Labute approximate surface area is 104 Å². The molecule has 0 spiro atoms. The summed E-state index contributed by atoms with van der Waals surface area (Å²) in [5.74, 6) is -0.622. The Kier molecular flexibility index (Phi) is 3.29. The van der Waals surface area contributed by atoms with Crippen LogP contribution < -0.4 is 4.74 Å². The molecular weight excluding hydrogens is 290 g/mol. The molecule has 0 bridgehead atoms. The molecule has 0 saturated heterocycles. The van der Waals surface area contributed by atoms with Crippen molar-refractivity contribution in [1.82, 2.24) is 15.0 Å². The number of pyridine rings is 1. The summed E-state index contributed by atoms with van der Waals surface area (Å²) in [6, 6.07) is 1.76. The summed E-state index contributed by atoms with van der Waals surface area (Å²) >= 11 is 3.25. The lowest BCUT2D eigenvalue weighted by Crippen LogP contribution is -1.99. The molecule has 0 aliphatic carbocycles. The Morgan fingerprint density at radius 3 is 2.53 bits per heavy atom. The highest BCUT2D eigenvalue weighted by atomic mass is 79.9. The monoisotopic (exact) mass is 295 g/mol. The van der Waals surface area contributed by atoms with Gasteiger partial charge >= 0.3 is 12.0 Å². The van der Waals surface area contributed by atoms with Gasteiger partial charge in [-0.3, -0.25) is 4.98 Å². The standard InChI is InChI=1S/C10H6BrN3O3/c11-7-1-8(5-12-4-7)17-10-13-2-6(3-14-10)9(15)16/h1-5H,(H,15,16). The van der Waals surface area contributed by atoms with Crippen LogP contribution in [-0.2, 0) is 0 Å². The SMILES string of the molecule is O=C(O)c1cnc(Oc2cncc(Br)c2)nc1. The summed E-state index contributed by atoms with van der Waals surface area (Å²) in [4.78, 5) is 22.0. The quantitative estimate of drug-likeness (QED) is 0.933. The Morgan fingerprint density at radius 2 is 1.94 bits per heavy atom. The number of hydrogen-bond donors (Lipinski definition) is 1. The average molecular weight is 296 g/mol. The smallest absolute Gasteiger partial charge is 0.338 e. The first-order valence-corrected chi connectivity index (χ1v) is 5.28. The molecule has 17 heavy (non-hydrogen) atoms. The lowest BCUT2D eigenvalue weighted by molar-refractivity contribution is 0.0696. The van der Waals surface area contributed by atoms with Gasteiger partial charge in [0.25, 0.3) is 0 Å². The van der Waals surface area contributed by atoms with Crippen LogP contribution in [-0.4, -0.2) is 26.0 Å². The van der Waals surface area contributed by atoms with E-state index in [1.807, 2.05) is 0 Å². The van der Waals surface area contributed by atoms with Crippen LogP contribution in [0.25, 0.3) is 0 Å². The van der Waals surface area contributed by atoms with Gasteiger partial charge in [0.2, 0.25) is 0 Å². The third kappa shape index (κ3) is 2.97. The van der Waals surface area contributed by atoms with Crippen LogP contribution >= 0.6 is 15.9 Å². The summed E-state index contributed by atoms with van der Waals surface area (Å²) in [6.07, 6.45) is 5.46. The number of rotatable bonds is 3. The van der Waals surface area contributed by atoms with Gasteiger partial charge in [-0.05, 0) is 22.0 Å². The molecule has 0 unspecified atom stereocenters. The van der Waals surface area contributed by atoms with Crippen molar-refractivity contribution >= 4 is 21.9 Å². The topological polar surface area (TPSA) is 85.2 Å². The molecule has 2 rings (SSSR count). The molecule has 0 aliphatic rings. The van der Waals surface area contributed by atoms with Crippen LogP contribution in [0.3, 0.4) is 0 Å². The summed E-state index contributed by atoms with van der Waals surface area (Å²) in [7, 11) is 0. The molecule has 2 heterocycles. The predicted octanol–water partition coefficient (Wildman–Crippen LogP) is 2.12. The number of halogens is 1. The first kappa shape index (κ1) is 11.5. The molecule has 0 amide bonds. The summed E-state index contributed by atoms with van der Waals surface area (Å²) in [6.45, 7) is 0. The molecule has 0 radical (unpaired) electrons. The van der Waals surface area contributed by atoms with Gasteiger partial charge in [0, 0.05) is 23.1 Å². The van der Waals surface area contributed by atoms with Gasteiger partial charge in [-0.15, -0.1) is 0 Å². The van der Waals surface area contributed by atoms with Crippen molar-refractivity contribution in [3.05, 3.63) is 40.9 Å². The average Bonchev–Trinajstić information content (AvgIpc) is 2.29. The van der Waals surface area contributed by atoms with E-state index in [0.717, 1.165) is 4.47 Å². The number of carboxylic acids is 1. The number of aromatic nitrogens is 3. The number of aromatic carboxylic acids is 1.